The zero-order valence-electron chi connectivity index (χ0n) is 17.7. The molecule has 1 fully saturated rings. The fourth-order valence-corrected chi connectivity index (χ4v) is 4.26. The molecule has 0 saturated heterocycles. The van der Waals surface area contributed by atoms with E-state index in [0.29, 0.717) is 23.7 Å². The number of anilines is 1. The van der Waals surface area contributed by atoms with Gasteiger partial charge in [-0.3, -0.25) is 24.5 Å². The number of nitro benzene ring substituents is 1. The number of carbonyl (C=O) groups is 1. The maximum absolute atomic E-state index is 12.6. The van der Waals surface area contributed by atoms with E-state index in [1.165, 1.54) is 56.2 Å². The lowest BCUT2D eigenvalue weighted by atomic mass is 10.2. The Morgan fingerprint density at radius 3 is 2.45 bits per heavy atom. The highest BCUT2D eigenvalue weighted by molar-refractivity contribution is 7.92. The van der Waals surface area contributed by atoms with Gasteiger partial charge in [-0.05, 0) is 64.1 Å². The number of amides is 1. The van der Waals surface area contributed by atoms with Crippen molar-refractivity contribution in [3.8, 4) is 0 Å². The normalized spacial score (nSPS) is 14.8. The molecule has 0 radical (unpaired) electrons. The predicted octanol–water partition coefficient (Wildman–Crippen LogP) is 2.92. The molecule has 1 aliphatic rings. The Labute approximate surface area is 181 Å². The number of likely N-dealkylation sites (N-methyl/N-ethyl adjacent to an activating group) is 1. The molecule has 31 heavy (non-hydrogen) atoms. The van der Waals surface area contributed by atoms with Gasteiger partial charge in [0, 0.05) is 41.5 Å². The molecule has 0 bridgehead atoms. The molecule has 2 aromatic carbocycles. The Kier molecular flexibility index (Phi) is 6.61. The van der Waals surface area contributed by atoms with Gasteiger partial charge in [0.2, 0.25) is 0 Å². The quantitative estimate of drug-likeness (QED) is 0.451. The van der Waals surface area contributed by atoms with Crippen LogP contribution in [0.4, 0.5) is 11.4 Å². The third kappa shape index (κ3) is 5.59. The van der Waals surface area contributed by atoms with E-state index in [4.69, 9.17) is 0 Å². The van der Waals surface area contributed by atoms with Crippen LogP contribution in [0.2, 0.25) is 0 Å². The van der Waals surface area contributed by atoms with E-state index in [2.05, 4.69) is 28.9 Å². The Morgan fingerprint density at radius 1 is 1.23 bits per heavy atom. The number of rotatable bonds is 9. The second-order valence-corrected chi connectivity index (χ2v) is 9.53. The van der Waals surface area contributed by atoms with Crippen LogP contribution in [0.1, 0.15) is 35.7 Å². The van der Waals surface area contributed by atoms with Crippen LogP contribution in [0, 0.1) is 17.0 Å². The number of hydrogen-bond acceptors (Lipinski definition) is 6. The minimum atomic E-state index is -4.01. The van der Waals surface area contributed by atoms with Gasteiger partial charge in [-0.15, -0.1) is 0 Å². The molecule has 1 amide bonds. The van der Waals surface area contributed by atoms with Crippen LogP contribution < -0.4 is 10.0 Å². The molecule has 2 aromatic rings. The third-order valence-corrected chi connectivity index (χ3v) is 6.84. The highest BCUT2D eigenvalue weighted by Crippen LogP contribution is 2.27. The van der Waals surface area contributed by atoms with E-state index >= 15 is 0 Å². The Morgan fingerprint density at radius 2 is 1.87 bits per heavy atom. The Balaban J connectivity index is 1.63. The second-order valence-electron chi connectivity index (χ2n) is 7.84. The predicted molar refractivity (Wildman–Crippen MR) is 118 cm³/mol. The summed E-state index contributed by atoms with van der Waals surface area (Å²) in [5, 5.41) is 14.0. The van der Waals surface area contributed by atoms with E-state index in [1.807, 2.05) is 0 Å². The number of sulfonamides is 1. The number of nitrogens with zero attached hydrogens (tertiary/aromatic N) is 2. The molecule has 1 saturated carbocycles. The zero-order chi connectivity index (χ0) is 22.8. The summed E-state index contributed by atoms with van der Waals surface area (Å²) < 4.78 is 27.6. The maximum Gasteiger partial charge on any atom is 0.273 e. The van der Waals surface area contributed by atoms with Crippen molar-refractivity contribution in [2.24, 2.45) is 0 Å². The number of nitrogens with one attached hydrogen (secondary N) is 2. The van der Waals surface area contributed by atoms with Crippen molar-refractivity contribution in [1.29, 1.82) is 0 Å². The molecule has 10 heteroatoms. The fourth-order valence-electron chi connectivity index (χ4n) is 3.18. The summed E-state index contributed by atoms with van der Waals surface area (Å²) in [7, 11) is -1.96. The van der Waals surface area contributed by atoms with E-state index < -0.39 is 14.9 Å². The summed E-state index contributed by atoms with van der Waals surface area (Å²) in [5.74, 6) is -0.236. The first-order chi connectivity index (χ1) is 14.6. The highest BCUT2D eigenvalue weighted by atomic mass is 32.2. The molecule has 2 N–H and O–H groups in total. The molecule has 0 heterocycles. The fraction of sp³-hybridized carbons (Fsp3) is 0.381. The molecule has 3 rings (SSSR count). The summed E-state index contributed by atoms with van der Waals surface area (Å²) >= 11 is 0. The maximum atomic E-state index is 12.6. The first kappa shape index (κ1) is 22.7. The molecular formula is C21H26N4O5S. The molecule has 0 aromatic heterocycles. The number of aryl methyl sites for hydroxylation is 1. The topological polar surface area (TPSA) is 122 Å². The van der Waals surface area contributed by atoms with Crippen LogP contribution >= 0.6 is 0 Å². The van der Waals surface area contributed by atoms with Gasteiger partial charge in [-0.2, -0.15) is 0 Å². The molecule has 0 spiro atoms. The van der Waals surface area contributed by atoms with Crippen LogP contribution in [0.5, 0.6) is 0 Å². The van der Waals surface area contributed by atoms with Gasteiger partial charge in [0.25, 0.3) is 21.6 Å². The first-order valence-electron chi connectivity index (χ1n) is 9.96. The first-order valence-corrected chi connectivity index (χ1v) is 11.4. The molecular weight excluding hydrogens is 420 g/mol. The van der Waals surface area contributed by atoms with Crippen molar-refractivity contribution in [2.75, 3.05) is 18.3 Å². The number of carbonyl (C=O) groups excluding carboxylic acids is 1. The van der Waals surface area contributed by atoms with Gasteiger partial charge in [0.05, 0.1) is 9.82 Å². The lowest BCUT2D eigenvalue weighted by Crippen LogP contribution is -2.41. The van der Waals surface area contributed by atoms with Gasteiger partial charge >= 0.3 is 0 Å². The summed E-state index contributed by atoms with van der Waals surface area (Å²) in [6.07, 6.45) is 2.39. The second kappa shape index (κ2) is 9.03. The van der Waals surface area contributed by atoms with Crippen LogP contribution in [0.15, 0.2) is 47.4 Å². The zero-order valence-corrected chi connectivity index (χ0v) is 18.5. The largest absolute Gasteiger partial charge is 0.350 e. The van der Waals surface area contributed by atoms with Gasteiger partial charge in [-0.1, -0.05) is 6.07 Å². The lowest BCUT2D eigenvalue weighted by Gasteiger charge is -2.24. The standard InChI is InChI=1S/C21H26N4O5S/c1-14-4-11-19(12-20(14)25(27)28)31(29,30)23-17-7-5-16(6-8-17)21(26)22-13-15(2)24(3)18-9-10-18/h4-8,11-12,15,18,23H,9-10,13H2,1-3H3,(H,22,26). The van der Waals surface area contributed by atoms with E-state index in [-0.39, 0.29) is 28.2 Å². The van der Waals surface area contributed by atoms with Gasteiger partial charge in [-0.25, -0.2) is 8.42 Å². The molecule has 0 aliphatic heterocycles. The van der Waals surface area contributed by atoms with Crippen molar-refractivity contribution in [3.05, 3.63) is 63.7 Å². The average Bonchev–Trinajstić information content (AvgIpc) is 3.56. The van der Waals surface area contributed by atoms with Gasteiger partial charge in [0.1, 0.15) is 0 Å². The minimum absolute atomic E-state index is 0.208. The van der Waals surface area contributed by atoms with Gasteiger partial charge in [0.15, 0.2) is 0 Å². The lowest BCUT2D eigenvalue weighted by molar-refractivity contribution is -0.385. The number of benzene rings is 2. The number of nitro groups is 1. The van der Waals surface area contributed by atoms with Gasteiger partial charge < -0.3 is 5.32 Å². The summed E-state index contributed by atoms with van der Waals surface area (Å²) in [6.45, 7) is 4.12. The monoisotopic (exact) mass is 446 g/mol. The molecule has 1 unspecified atom stereocenters. The van der Waals surface area contributed by atoms with Crippen molar-refractivity contribution in [1.82, 2.24) is 10.2 Å². The van der Waals surface area contributed by atoms with Crippen molar-refractivity contribution < 1.29 is 18.1 Å². The Hall–Kier alpha value is -2.98. The average molecular weight is 447 g/mol. The number of hydrogen-bond donors (Lipinski definition) is 2. The van der Waals surface area contributed by atoms with Crippen LogP contribution in [0.3, 0.4) is 0 Å². The van der Waals surface area contributed by atoms with E-state index in [0.717, 1.165) is 6.07 Å². The van der Waals surface area contributed by atoms with Crippen LogP contribution in [-0.4, -0.2) is 49.8 Å². The molecule has 1 aliphatic carbocycles. The minimum Gasteiger partial charge on any atom is -0.350 e. The SMILES string of the molecule is Cc1ccc(S(=O)(=O)Nc2ccc(C(=O)NCC(C)N(C)C3CC3)cc2)cc1[N+](=O)[O-]. The Bertz CT molecular complexity index is 1080. The summed E-state index contributed by atoms with van der Waals surface area (Å²) in [5.41, 5.74) is 0.769. The molecule has 1 atom stereocenters. The smallest absolute Gasteiger partial charge is 0.273 e. The van der Waals surface area contributed by atoms with E-state index in [9.17, 15) is 23.3 Å². The highest BCUT2D eigenvalue weighted by Gasteiger charge is 2.29. The van der Waals surface area contributed by atoms with E-state index in [1.54, 1.807) is 0 Å². The van der Waals surface area contributed by atoms with Crippen LogP contribution in [0.25, 0.3) is 0 Å². The van der Waals surface area contributed by atoms with Crippen molar-refractivity contribution in [3.63, 3.8) is 0 Å². The van der Waals surface area contributed by atoms with Crippen LogP contribution in [-0.2, 0) is 10.0 Å². The summed E-state index contributed by atoms with van der Waals surface area (Å²) in [4.78, 5) is 24.9. The van der Waals surface area contributed by atoms with Crippen molar-refractivity contribution in [2.45, 2.75) is 43.7 Å². The third-order valence-electron chi connectivity index (χ3n) is 5.46. The molecule has 9 nitrogen and oxygen atoms in total. The summed E-state index contributed by atoms with van der Waals surface area (Å²) in [6, 6.07) is 10.6. The van der Waals surface area contributed by atoms with Crippen molar-refractivity contribution >= 4 is 27.3 Å². The molecule has 166 valence electrons.